The molecule has 0 aliphatic carbocycles. The lowest BCUT2D eigenvalue weighted by Crippen LogP contribution is -2.51. The first-order valence-electron chi connectivity index (χ1n) is 11.9. The van der Waals surface area contributed by atoms with Crippen LogP contribution in [0.25, 0.3) is 11.3 Å². The van der Waals surface area contributed by atoms with Crippen LogP contribution >= 0.6 is 0 Å². The van der Waals surface area contributed by atoms with Gasteiger partial charge < -0.3 is 14.7 Å². The second-order valence-electron chi connectivity index (χ2n) is 9.06. The van der Waals surface area contributed by atoms with E-state index in [9.17, 15) is 4.79 Å². The Balaban J connectivity index is 1.13. The standard InChI is InChI=1S/C27H31N5O/c1-21-6-5-9-24(20-21)30-16-18-32(19-17-30)27(33)23-12-14-31(15-13-23)26-11-10-25(28-29-26)22-7-3-2-4-8-22/h2-11,20,23H,12-19H2,1H3. The third-order valence-corrected chi connectivity index (χ3v) is 6.85. The number of carbonyl (C=O) groups excluding carboxylic acids is 1. The van der Waals surface area contributed by atoms with E-state index in [1.165, 1.54) is 11.3 Å². The molecule has 0 bridgehead atoms. The summed E-state index contributed by atoms with van der Waals surface area (Å²) in [6.45, 7) is 7.23. The van der Waals surface area contributed by atoms with Gasteiger partial charge in [0, 0.05) is 56.4 Å². The molecule has 6 nitrogen and oxygen atoms in total. The molecule has 0 saturated carbocycles. The van der Waals surface area contributed by atoms with Crippen molar-refractivity contribution in [3.63, 3.8) is 0 Å². The van der Waals surface area contributed by atoms with Crippen molar-refractivity contribution in [3.8, 4) is 11.3 Å². The third-order valence-electron chi connectivity index (χ3n) is 6.85. The van der Waals surface area contributed by atoms with Gasteiger partial charge in [-0.3, -0.25) is 4.79 Å². The average Bonchev–Trinajstić information content (AvgIpc) is 2.89. The lowest BCUT2D eigenvalue weighted by Gasteiger charge is -2.39. The van der Waals surface area contributed by atoms with Crippen LogP contribution in [0.3, 0.4) is 0 Å². The summed E-state index contributed by atoms with van der Waals surface area (Å²) in [5.74, 6) is 1.33. The molecule has 5 rings (SSSR count). The molecule has 33 heavy (non-hydrogen) atoms. The van der Waals surface area contributed by atoms with Gasteiger partial charge in [0.15, 0.2) is 5.82 Å². The quantitative estimate of drug-likeness (QED) is 0.612. The van der Waals surface area contributed by atoms with Gasteiger partial charge in [0.05, 0.1) is 5.69 Å². The molecule has 0 spiro atoms. The number of carbonyl (C=O) groups is 1. The SMILES string of the molecule is Cc1cccc(N2CCN(C(=O)C3CCN(c4ccc(-c5ccccc5)nn4)CC3)CC2)c1. The van der Waals surface area contributed by atoms with E-state index < -0.39 is 0 Å². The van der Waals surface area contributed by atoms with E-state index in [4.69, 9.17) is 0 Å². The minimum absolute atomic E-state index is 0.114. The molecule has 0 radical (unpaired) electrons. The van der Waals surface area contributed by atoms with Crippen LogP contribution in [0, 0.1) is 12.8 Å². The molecule has 0 atom stereocenters. The lowest BCUT2D eigenvalue weighted by atomic mass is 9.95. The first-order chi connectivity index (χ1) is 16.2. The fourth-order valence-corrected chi connectivity index (χ4v) is 4.88. The largest absolute Gasteiger partial charge is 0.368 e. The molecule has 1 amide bonds. The Morgan fingerprint density at radius 1 is 0.788 bits per heavy atom. The minimum atomic E-state index is 0.114. The van der Waals surface area contributed by atoms with Gasteiger partial charge in [0.25, 0.3) is 0 Å². The zero-order valence-corrected chi connectivity index (χ0v) is 19.2. The van der Waals surface area contributed by atoms with E-state index in [-0.39, 0.29) is 5.92 Å². The summed E-state index contributed by atoms with van der Waals surface area (Å²) in [7, 11) is 0. The van der Waals surface area contributed by atoms with Gasteiger partial charge in [-0.2, -0.15) is 0 Å². The molecule has 6 heteroatoms. The monoisotopic (exact) mass is 441 g/mol. The molecule has 3 aromatic rings. The predicted molar refractivity (Wildman–Crippen MR) is 132 cm³/mol. The van der Waals surface area contributed by atoms with Crippen molar-refractivity contribution in [1.82, 2.24) is 15.1 Å². The molecule has 1 aromatic heterocycles. The number of aromatic nitrogens is 2. The Kier molecular flexibility index (Phi) is 6.24. The van der Waals surface area contributed by atoms with Crippen molar-refractivity contribution in [1.29, 1.82) is 0 Å². The highest BCUT2D eigenvalue weighted by Gasteiger charge is 2.31. The van der Waals surface area contributed by atoms with Crippen LogP contribution < -0.4 is 9.80 Å². The number of aryl methyl sites for hydroxylation is 1. The van der Waals surface area contributed by atoms with Crippen LogP contribution in [0.1, 0.15) is 18.4 Å². The van der Waals surface area contributed by atoms with E-state index in [1.54, 1.807) is 0 Å². The maximum atomic E-state index is 13.2. The van der Waals surface area contributed by atoms with Crippen LogP contribution in [0.4, 0.5) is 11.5 Å². The highest BCUT2D eigenvalue weighted by atomic mass is 16.2. The summed E-state index contributed by atoms with van der Waals surface area (Å²) in [6.07, 6.45) is 1.75. The highest BCUT2D eigenvalue weighted by molar-refractivity contribution is 5.79. The summed E-state index contributed by atoms with van der Waals surface area (Å²) < 4.78 is 0. The van der Waals surface area contributed by atoms with Gasteiger partial charge in [0.1, 0.15) is 0 Å². The van der Waals surface area contributed by atoms with Crippen molar-refractivity contribution in [2.45, 2.75) is 19.8 Å². The number of benzene rings is 2. The first kappa shape index (κ1) is 21.4. The molecule has 0 N–H and O–H groups in total. The summed E-state index contributed by atoms with van der Waals surface area (Å²) >= 11 is 0. The molecular formula is C27H31N5O. The maximum absolute atomic E-state index is 13.2. The average molecular weight is 442 g/mol. The van der Waals surface area contributed by atoms with Gasteiger partial charge in [-0.1, -0.05) is 42.5 Å². The molecule has 0 unspecified atom stereocenters. The number of hydrogen-bond donors (Lipinski definition) is 0. The van der Waals surface area contributed by atoms with Gasteiger partial charge in [0.2, 0.25) is 5.91 Å². The van der Waals surface area contributed by atoms with Crippen LogP contribution in [-0.2, 0) is 4.79 Å². The van der Waals surface area contributed by atoms with Gasteiger partial charge >= 0.3 is 0 Å². The first-order valence-corrected chi connectivity index (χ1v) is 11.9. The van der Waals surface area contributed by atoms with E-state index in [0.29, 0.717) is 5.91 Å². The summed E-state index contributed by atoms with van der Waals surface area (Å²) in [6, 6.07) is 22.8. The normalized spacial score (nSPS) is 17.3. The van der Waals surface area contributed by atoms with Crippen LogP contribution in [0.5, 0.6) is 0 Å². The van der Waals surface area contributed by atoms with Crippen molar-refractivity contribution >= 4 is 17.4 Å². The van der Waals surface area contributed by atoms with Crippen molar-refractivity contribution in [2.24, 2.45) is 5.92 Å². The van der Waals surface area contributed by atoms with Crippen LogP contribution in [0.2, 0.25) is 0 Å². The summed E-state index contributed by atoms with van der Waals surface area (Å²) in [5.41, 5.74) is 4.49. The Morgan fingerprint density at radius 3 is 2.21 bits per heavy atom. The van der Waals surface area contributed by atoms with E-state index >= 15 is 0 Å². The van der Waals surface area contributed by atoms with Crippen molar-refractivity contribution < 1.29 is 4.79 Å². The highest BCUT2D eigenvalue weighted by Crippen LogP contribution is 2.26. The molecule has 2 fully saturated rings. The Bertz CT molecular complexity index is 1070. The van der Waals surface area contributed by atoms with Crippen LogP contribution in [0.15, 0.2) is 66.7 Å². The van der Waals surface area contributed by atoms with Crippen LogP contribution in [-0.4, -0.2) is 60.3 Å². The summed E-state index contributed by atoms with van der Waals surface area (Å²) in [4.78, 5) is 19.9. The second kappa shape index (κ2) is 9.61. The molecule has 3 heterocycles. The number of piperazine rings is 1. The molecular weight excluding hydrogens is 410 g/mol. The molecule has 2 aliphatic rings. The number of nitrogens with zero attached hydrogens (tertiary/aromatic N) is 5. The topological polar surface area (TPSA) is 52.6 Å². The minimum Gasteiger partial charge on any atom is -0.368 e. The zero-order valence-electron chi connectivity index (χ0n) is 19.2. The lowest BCUT2D eigenvalue weighted by molar-refractivity contribution is -0.136. The van der Waals surface area contributed by atoms with E-state index in [2.05, 4.69) is 56.1 Å². The summed E-state index contributed by atoms with van der Waals surface area (Å²) in [5, 5.41) is 8.87. The fraction of sp³-hybridized carbons (Fsp3) is 0.370. The number of anilines is 2. The molecule has 2 aromatic carbocycles. The van der Waals surface area contributed by atoms with Gasteiger partial charge in [-0.25, -0.2) is 0 Å². The van der Waals surface area contributed by atoms with E-state index in [1.807, 2.05) is 42.5 Å². The number of piperidine rings is 1. The molecule has 170 valence electrons. The zero-order chi connectivity index (χ0) is 22.6. The Labute approximate surface area is 195 Å². The molecule has 2 aliphatic heterocycles. The fourth-order valence-electron chi connectivity index (χ4n) is 4.88. The second-order valence-corrected chi connectivity index (χ2v) is 9.06. The van der Waals surface area contributed by atoms with Crippen molar-refractivity contribution in [2.75, 3.05) is 49.1 Å². The van der Waals surface area contributed by atoms with Gasteiger partial charge in [-0.15, -0.1) is 10.2 Å². The number of amides is 1. The Hall–Kier alpha value is -3.41. The predicted octanol–water partition coefficient (Wildman–Crippen LogP) is 4.02. The number of rotatable bonds is 4. The molecule has 2 saturated heterocycles. The smallest absolute Gasteiger partial charge is 0.225 e. The number of hydrogen-bond acceptors (Lipinski definition) is 5. The third kappa shape index (κ3) is 4.85. The van der Waals surface area contributed by atoms with E-state index in [0.717, 1.165) is 69.2 Å². The maximum Gasteiger partial charge on any atom is 0.225 e. The van der Waals surface area contributed by atoms with Gasteiger partial charge in [-0.05, 0) is 49.6 Å². The van der Waals surface area contributed by atoms with Crippen molar-refractivity contribution in [3.05, 3.63) is 72.3 Å². The Morgan fingerprint density at radius 2 is 1.55 bits per heavy atom.